The molecule has 68 valence electrons. The van der Waals surface area contributed by atoms with Gasteiger partial charge in [-0.05, 0) is 0 Å². The summed E-state index contributed by atoms with van der Waals surface area (Å²) in [6.45, 7) is 0. The van der Waals surface area contributed by atoms with Crippen molar-refractivity contribution in [2.75, 3.05) is 0 Å². The Bertz CT molecular complexity index is 255. The average Bonchev–Trinajstić information content (AvgIpc) is 2.03. The molecule has 0 aliphatic rings. The van der Waals surface area contributed by atoms with Crippen LogP contribution in [0.3, 0.4) is 0 Å². The van der Waals surface area contributed by atoms with Crippen LogP contribution >= 0.6 is 0 Å². The molecule has 0 aliphatic heterocycles. The van der Waals surface area contributed by atoms with E-state index >= 15 is 0 Å². The Labute approximate surface area is 95.0 Å². The molecule has 0 bridgehead atoms. The van der Waals surface area contributed by atoms with Gasteiger partial charge in [0.25, 0.3) is 0 Å². The summed E-state index contributed by atoms with van der Waals surface area (Å²) in [4.78, 5) is 0. The fourth-order valence-corrected chi connectivity index (χ4v) is 1.56. The molecule has 0 saturated carbocycles. The third-order valence-electron chi connectivity index (χ3n) is 1.57. The van der Waals surface area contributed by atoms with E-state index in [1.54, 1.807) is 0 Å². The molecule has 0 unspecified atom stereocenters. The Morgan fingerprint density at radius 3 is 1.85 bits per heavy atom. The zero-order valence-electron chi connectivity index (χ0n) is 6.74. The smallest absolute Gasteiger partial charge is 1.00 e. The summed E-state index contributed by atoms with van der Waals surface area (Å²) in [5.41, 5.74) is 0.405. The molecule has 0 amide bonds. The van der Waals surface area contributed by atoms with Crippen molar-refractivity contribution in [2.24, 2.45) is 0 Å². The minimum absolute atomic E-state index is 0. The van der Waals surface area contributed by atoms with Gasteiger partial charge < -0.3 is 17.0 Å². The van der Waals surface area contributed by atoms with E-state index in [-0.39, 0.29) is 17.0 Å². The van der Waals surface area contributed by atoms with Gasteiger partial charge in [0.15, 0.2) is 0 Å². The Kier molecular flexibility index (Phi) is 5.15. The van der Waals surface area contributed by atoms with E-state index in [1.165, 1.54) is 12.1 Å². The Balaban J connectivity index is 0.00000144. The third-order valence-corrected chi connectivity index (χ3v) is 2.78. The molecular weight excluding hydrogens is 298 g/mol. The summed E-state index contributed by atoms with van der Waals surface area (Å²) in [5, 5.41) is 0.887. The van der Waals surface area contributed by atoms with Crippen LogP contribution in [-0.2, 0) is 29.5 Å². The van der Waals surface area contributed by atoms with Crippen molar-refractivity contribution in [2.45, 2.75) is 11.2 Å². The molecule has 0 spiro atoms. The van der Waals surface area contributed by atoms with Crippen LogP contribution in [0.25, 0.3) is 0 Å². The van der Waals surface area contributed by atoms with E-state index in [0.29, 0.717) is 0 Å². The zero-order chi connectivity index (χ0) is 9.19. The van der Waals surface area contributed by atoms with Crippen LogP contribution in [0.15, 0.2) is 24.3 Å². The fraction of sp³-hybridized carbons (Fsp3) is 0.250. The van der Waals surface area contributed by atoms with Crippen LogP contribution in [-0.4, -0.2) is 0 Å². The van der Waals surface area contributed by atoms with E-state index in [9.17, 15) is 13.2 Å². The number of hydrogen-bond donors (Lipinski definition) is 0. The Morgan fingerprint density at radius 1 is 1.08 bits per heavy atom. The minimum atomic E-state index is -4.21. The largest absolute Gasteiger partial charge is 1.00 e. The van der Waals surface area contributed by atoms with Crippen LogP contribution in [0.4, 0.5) is 13.2 Å². The van der Waals surface area contributed by atoms with Crippen LogP contribution in [0.2, 0.25) is 0 Å². The second kappa shape index (κ2) is 5.11. The standard InChI is InChI=1S/C8H6F3.BrH.Zn/c1-6-2-4-7(5-3-6)8(9,10)11;;/h2-5H,1H2;1H;/q;;+1/p-1. The number of halogens is 4. The summed E-state index contributed by atoms with van der Waals surface area (Å²) in [6.07, 6.45) is -4.21. The van der Waals surface area contributed by atoms with Gasteiger partial charge in [-0.25, -0.2) is 0 Å². The van der Waals surface area contributed by atoms with E-state index in [0.717, 1.165) is 41.0 Å². The van der Waals surface area contributed by atoms with Gasteiger partial charge in [-0.3, -0.25) is 0 Å². The van der Waals surface area contributed by atoms with E-state index in [1.807, 2.05) is 0 Å². The quantitative estimate of drug-likeness (QED) is 0.628. The molecule has 0 saturated heterocycles. The molecule has 1 aromatic rings. The normalized spacial score (nSPS) is 10.8. The topological polar surface area (TPSA) is 0 Å². The molecule has 1 rings (SSSR count). The van der Waals surface area contributed by atoms with Gasteiger partial charge in [0.2, 0.25) is 0 Å². The summed E-state index contributed by atoms with van der Waals surface area (Å²) in [6, 6.07) is 5.33. The van der Waals surface area contributed by atoms with Crippen molar-refractivity contribution < 1.29 is 48.5 Å². The van der Waals surface area contributed by atoms with Crippen molar-refractivity contribution in [1.82, 2.24) is 0 Å². The third kappa shape index (κ3) is 3.78. The number of rotatable bonds is 1. The summed E-state index contributed by atoms with van der Waals surface area (Å²) in [5.74, 6) is 0. The van der Waals surface area contributed by atoms with Crippen molar-refractivity contribution >= 4 is 0 Å². The fourth-order valence-electron chi connectivity index (χ4n) is 0.860. The first kappa shape index (κ1) is 13.1. The van der Waals surface area contributed by atoms with Crippen molar-refractivity contribution in [3.8, 4) is 0 Å². The number of hydrogen-bond acceptors (Lipinski definition) is 0. The van der Waals surface area contributed by atoms with E-state index in [2.05, 4.69) is 0 Å². The van der Waals surface area contributed by atoms with Gasteiger partial charge in [-0.15, -0.1) is 0 Å². The van der Waals surface area contributed by atoms with E-state index < -0.39 is 11.7 Å². The first-order valence-electron chi connectivity index (χ1n) is 3.49. The summed E-state index contributed by atoms with van der Waals surface area (Å²) in [7, 11) is 0. The van der Waals surface area contributed by atoms with Crippen LogP contribution in [0.1, 0.15) is 11.1 Å². The van der Waals surface area contributed by atoms with Crippen molar-refractivity contribution in [1.29, 1.82) is 0 Å². The Morgan fingerprint density at radius 2 is 1.54 bits per heavy atom. The predicted molar refractivity (Wildman–Crippen MR) is 35.1 cm³/mol. The van der Waals surface area contributed by atoms with Gasteiger partial charge in [0.1, 0.15) is 0 Å². The van der Waals surface area contributed by atoms with Crippen molar-refractivity contribution in [3.63, 3.8) is 0 Å². The SMILES string of the molecule is FC(F)(F)c1ccc([CH2][Zn+])cc1.[Br-]. The van der Waals surface area contributed by atoms with Gasteiger partial charge in [-0.2, -0.15) is 0 Å². The summed E-state index contributed by atoms with van der Waals surface area (Å²) >= 11 is 1.07. The van der Waals surface area contributed by atoms with Gasteiger partial charge >= 0.3 is 78.1 Å². The van der Waals surface area contributed by atoms with Crippen molar-refractivity contribution in [3.05, 3.63) is 35.4 Å². The molecule has 0 nitrogen and oxygen atoms in total. The van der Waals surface area contributed by atoms with E-state index in [4.69, 9.17) is 0 Å². The first-order chi connectivity index (χ1) is 5.54. The average molecular weight is 304 g/mol. The second-order valence-corrected chi connectivity index (χ2v) is 3.49. The maximum atomic E-state index is 12.0. The molecule has 0 aliphatic carbocycles. The molecule has 0 aromatic heterocycles. The molecule has 5 heteroatoms. The maximum Gasteiger partial charge on any atom is -1.00 e. The molecule has 0 fully saturated rings. The number of alkyl halides is 3. The Hall–Kier alpha value is 0.113. The molecule has 1 aromatic carbocycles. The monoisotopic (exact) mass is 302 g/mol. The minimum Gasteiger partial charge on any atom is -1.00 e. The van der Waals surface area contributed by atoms with Crippen LogP contribution < -0.4 is 17.0 Å². The first-order valence-corrected chi connectivity index (χ1v) is 5.59. The summed E-state index contributed by atoms with van der Waals surface area (Å²) < 4.78 is 36.1. The number of benzene rings is 1. The molecule has 0 N–H and O–H groups in total. The van der Waals surface area contributed by atoms with Crippen LogP contribution in [0.5, 0.6) is 0 Å². The van der Waals surface area contributed by atoms with Gasteiger partial charge in [0, 0.05) is 0 Å². The predicted octanol–water partition coefficient (Wildman–Crippen LogP) is -0.244. The second-order valence-electron chi connectivity index (χ2n) is 2.44. The van der Waals surface area contributed by atoms with Crippen LogP contribution in [0, 0.1) is 0 Å². The molecule has 0 radical (unpaired) electrons. The molecule has 0 heterocycles. The molecule has 0 atom stereocenters. The van der Waals surface area contributed by atoms with Gasteiger partial charge in [0.05, 0.1) is 0 Å². The zero-order valence-corrected chi connectivity index (χ0v) is 11.3. The van der Waals surface area contributed by atoms with Gasteiger partial charge in [-0.1, -0.05) is 0 Å². The maximum absolute atomic E-state index is 12.0. The molecular formula is C8H6BrF3Zn. The molecule has 13 heavy (non-hydrogen) atoms.